The molecule has 1 aromatic heterocycles. The number of amides is 1. The van der Waals surface area contributed by atoms with Crippen LogP contribution >= 0.6 is 0 Å². The predicted molar refractivity (Wildman–Crippen MR) is 98.2 cm³/mol. The first-order valence-electron chi connectivity index (χ1n) is 8.87. The van der Waals surface area contributed by atoms with Crippen LogP contribution in [0.4, 0.5) is 5.69 Å². The molecule has 10 nitrogen and oxygen atoms in total. The number of carbonyl (C=O) groups is 2. The zero-order valence-corrected chi connectivity index (χ0v) is 15.8. The fraction of sp³-hybridized carbons (Fsp3) is 0.444. The number of aromatic nitrogens is 3. The predicted octanol–water partition coefficient (Wildman–Crippen LogP) is 2.06. The normalized spacial score (nSPS) is 19.2. The molecule has 0 bridgehead atoms. The average Bonchev–Trinajstić information content (AvgIpc) is 3.26. The molecule has 0 spiro atoms. The van der Waals surface area contributed by atoms with E-state index >= 15 is 0 Å². The second-order valence-corrected chi connectivity index (χ2v) is 7.30. The minimum atomic E-state index is -0.973. The van der Waals surface area contributed by atoms with Crippen LogP contribution in [-0.4, -0.2) is 54.9 Å². The van der Waals surface area contributed by atoms with E-state index < -0.39 is 22.2 Å². The fourth-order valence-corrected chi connectivity index (χ4v) is 3.56. The van der Waals surface area contributed by atoms with Crippen molar-refractivity contribution in [1.82, 2.24) is 19.9 Å². The summed E-state index contributed by atoms with van der Waals surface area (Å²) in [5, 5.41) is 28.6. The molecule has 0 saturated carbocycles. The van der Waals surface area contributed by atoms with Gasteiger partial charge >= 0.3 is 5.97 Å². The van der Waals surface area contributed by atoms with Gasteiger partial charge in [0, 0.05) is 25.2 Å². The van der Waals surface area contributed by atoms with Gasteiger partial charge in [0.2, 0.25) is 0 Å². The lowest BCUT2D eigenvalue weighted by Crippen LogP contribution is -2.40. The van der Waals surface area contributed by atoms with Gasteiger partial charge in [-0.3, -0.25) is 19.7 Å². The molecular weight excluding hydrogens is 366 g/mol. The quantitative estimate of drug-likeness (QED) is 0.613. The molecule has 0 radical (unpaired) electrons. The molecule has 1 N–H and O–H groups in total. The van der Waals surface area contributed by atoms with E-state index in [1.165, 1.54) is 27.8 Å². The molecule has 1 atom stereocenters. The number of nitrogens with zero attached hydrogens (tertiary/aromatic N) is 5. The third-order valence-corrected chi connectivity index (χ3v) is 5.50. The first kappa shape index (κ1) is 19.5. The van der Waals surface area contributed by atoms with Gasteiger partial charge < -0.3 is 10.0 Å². The second-order valence-electron chi connectivity index (χ2n) is 7.30. The number of likely N-dealkylation sites (tertiary alicyclic amines) is 1. The number of carboxylic acids is 1. The van der Waals surface area contributed by atoms with Crippen molar-refractivity contribution in [3.63, 3.8) is 0 Å². The molecule has 1 amide bonds. The van der Waals surface area contributed by atoms with Gasteiger partial charge in [-0.1, -0.05) is 25.1 Å². The zero-order valence-electron chi connectivity index (χ0n) is 15.8. The molecule has 1 unspecified atom stereocenters. The molecule has 2 heterocycles. The van der Waals surface area contributed by atoms with Crippen LogP contribution in [0.2, 0.25) is 0 Å². The van der Waals surface area contributed by atoms with Gasteiger partial charge in [0.15, 0.2) is 5.69 Å². The summed E-state index contributed by atoms with van der Waals surface area (Å²) < 4.78 is 1.36. The maximum absolute atomic E-state index is 12.9. The van der Waals surface area contributed by atoms with Gasteiger partial charge in [0.25, 0.3) is 11.6 Å². The number of benzene rings is 1. The Bertz CT molecular complexity index is 954. The van der Waals surface area contributed by atoms with Crippen LogP contribution in [0.15, 0.2) is 24.3 Å². The maximum atomic E-state index is 12.9. The highest BCUT2D eigenvalue weighted by Crippen LogP contribution is 2.38. The second kappa shape index (κ2) is 7.02. The highest BCUT2D eigenvalue weighted by Gasteiger charge is 2.49. The molecule has 28 heavy (non-hydrogen) atoms. The topological polar surface area (TPSA) is 131 Å². The van der Waals surface area contributed by atoms with Crippen LogP contribution in [0.25, 0.3) is 5.69 Å². The van der Waals surface area contributed by atoms with Crippen LogP contribution in [0.3, 0.4) is 0 Å². The summed E-state index contributed by atoms with van der Waals surface area (Å²) in [7, 11) is 0. The summed E-state index contributed by atoms with van der Waals surface area (Å²) in [5.41, 5.74) is -0.108. The van der Waals surface area contributed by atoms with Crippen molar-refractivity contribution in [2.45, 2.75) is 27.2 Å². The third-order valence-electron chi connectivity index (χ3n) is 5.50. The largest absolute Gasteiger partial charge is 0.481 e. The summed E-state index contributed by atoms with van der Waals surface area (Å²) >= 11 is 0. The number of non-ortho nitro benzene ring substituents is 1. The Hall–Kier alpha value is -3.30. The van der Waals surface area contributed by atoms with Gasteiger partial charge in [0.05, 0.1) is 21.7 Å². The van der Waals surface area contributed by atoms with E-state index in [0.29, 0.717) is 24.3 Å². The van der Waals surface area contributed by atoms with E-state index in [0.717, 1.165) is 0 Å². The highest BCUT2D eigenvalue weighted by atomic mass is 16.6. The molecule has 1 aliphatic heterocycles. The molecule has 148 valence electrons. The summed E-state index contributed by atoms with van der Waals surface area (Å²) in [6, 6.07) is 5.87. The van der Waals surface area contributed by atoms with E-state index in [1.807, 2.05) is 13.8 Å². The van der Waals surface area contributed by atoms with Crippen molar-refractivity contribution in [2.24, 2.45) is 11.3 Å². The van der Waals surface area contributed by atoms with E-state index in [9.17, 15) is 24.8 Å². The van der Waals surface area contributed by atoms with Crippen molar-refractivity contribution >= 4 is 17.6 Å². The molecule has 10 heteroatoms. The molecule has 3 rings (SSSR count). The Morgan fingerprint density at radius 2 is 2.07 bits per heavy atom. The van der Waals surface area contributed by atoms with Crippen molar-refractivity contribution in [3.05, 3.63) is 45.8 Å². The Morgan fingerprint density at radius 1 is 1.36 bits per heavy atom. The van der Waals surface area contributed by atoms with Crippen molar-refractivity contribution < 1.29 is 19.6 Å². The number of carboxylic acid groups (broad SMARTS) is 1. The Morgan fingerprint density at radius 3 is 2.64 bits per heavy atom. The summed E-state index contributed by atoms with van der Waals surface area (Å²) in [5.74, 6) is -1.42. The van der Waals surface area contributed by atoms with Crippen LogP contribution in [0, 0.1) is 28.4 Å². The van der Waals surface area contributed by atoms with Crippen molar-refractivity contribution in [1.29, 1.82) is 0 Å². The Kier molecular flexibility index (Phi) is 4.88. The number of rotatable bonds is 5. The number of hydrogen-bond donors (Lipinski definition) is 1. The summed E-state index contributed by atoms with van der Waals surface area (Å²) in [4.78, 5) is 36.7. The Balaban J connectivity index is 1.88. The Labute approximate surface area is 160 Å². The number of nitro benzene ring substituents is 1. The SMILES string of the molecule is Cc1c(C(=O)N2CCC(C(=O)O)(C(C)C)C2)nnn1-c1cccc([N+](=O)[O-])c1. The van der Waals surface area contributed by atoms with E-state index in [1.54, 1.807) is 13.0 Å². The lowest BCUT2D eigenvalue weighted by molar-refractivity contribution is -0.384. The van der Waals surface area contributed by atoms with Crippen LogP contribution in [0.5, 0.6) is 0 Å². The van der Waals surface area contributed by atoms with Gasteiger partial charge in [-0.2, -0.15) is 0 Å². The number of aliphatic carboxylic acids is 1. The molecule has 1 aliphatic rings. The van der Waals surface area contributed by atoms with Gasteiger partial charge in [-0.15, -0.1) is 5.10 Å². The zero-order chi connectivity index (χ0) is 20.6. The fourth-order valence-electron chi connectivity index (χ4n) is 3.56. The molecule has 1 fully saturated rings. The number of carbonyl (C=O) groups excluding carboxylic acids is 1. The summed E-state index contributed by atoms with van der Waals surface area (Å²) in [6.07, 6.45) is 0.379. The number of hydrogen-bond acceptors (Lipinski definition) is 6. The highest BCUT2D eigenvalue weighted by molar-refractivity contribution is 5.94. The average molecular weight is 387 g/mol. The van der Waals surface area contributed by atoms with Crippen LogP contribution in [-0.2, 0) is 4.79 Å². The first-order chi connectivity index (χ1) is 13.2. The van der Waals surface area contributed by atoms with Gasteiger partial charge in [-0.05, 0) is 25.3 Å². The van der Waals surface area contributed by atoms with Gasteiger partial charge in [-0.25, -0.2) is 4.68 Å². The molecular formula is C18H21N5O5. The minimum absolute atomic E-state index is 0.0944. The first-order valence-corrected chi connectivity index (χ1v) is 8.87. The molecule has 1 saturated heterocycles. The third kappa shape index (κ3) is 3.10. The van der Waals surface area contributed by atoms with E-state index in [-0.39, 0.29) is 23.8 Å². The van der Waals surface area contributed by atoms with E-state index in [2.05, 4.69) is 10.3 Å². The summed E-state index contributed by atoms with van der Waals surface area (Å²) in [6.45, 7) is 5.77. The van der Waals surface area contributed by atoms with E-state index in [4.69, 9.17) is 0 Å². The lowest BCUT2D eigenvalue weighted by Gasteiger charge is -2.28. The molecule has 2 aromatic rings. The maximum Gasteiger partial charge on any atom is 0.311 e. The monoisotopic (exact) mass is 387 g/mol. The minimum Gasteiger partial charge on any atom is -0.481 e. The molecule has 0 aliphatic carbocycles. The standard InChI is InChI=1S/C18H21N5O5/c1-11(2)18(17(25)26)7-8-21(10-18)16(24)15-12(3)22(20-19-15)13-5-4-6-14(9-13)23(27)28/h4-6,9,11H,7-8,10H2,1-3H3,(H,25,26). The van der Waals surface area contributed by atoms with Crippen molar-refractivity contribution in [2.75, 3.05) is 13.1 Å². The van der Waals surface area contributed by atoms with Gasteiger partial charge in [0.1, 0.15) is 0 Å². The van der Waals surface area contributed by atoms with Crippen LogP contribution in [0.1, 0.15) is 36.5 Å². The smallest absolute Gasteiger partial charge is 0.311 e. The van der Waals surface area contributed by atoms with Crippen molar-refractivity contribution in [3.8, 4) is 5.69 Å². The number of nitro groups is 1. The van der Waals surface area contributed by atoms with Crippen LogP contribution < -0.4 is 0 Å². The lowest BCUT2D eigenvalue weighted by atomic mass is 9.76. The molecule has 1 aromatic carbocycles.